The maximum absolute atomic E-state index is 12.6. The van der Waals surface area contributed by atoms with Crippen LogP contribution in [0.1, 0.15) is 46.0 Å². The van der Waals surface area contributed by atoms with Crippen molar-refractivity contribution in [1.29, 1.82) is 0 Å². The number of rotatable bonds is 6. The Balaban J connectivity index is 1.65. The van der Waals surface area contributed by atoms with Gasteiger partial charge in [-0.25, -0.2) is 0 Å². The lowest BCUT2D eigenvalue weighted by Crippen LogP contribution is -2.30. The molecule has 0 spiro atoms. The average Bonchev–Trinajstić information content (AvgIpc) is 3.34. The fourth-order valence-electron chi connectivity index (χ4n) is 2.62. The highest BCUT2D eigenvalue weighted by molar-refractivity contribution is 6.32. The second kappa shape index (κ2) is 7.84. The minimum Gasteiger partial charge on any atom is -0.486 e. The second-order valence-electron chi connectivity index (χ2n) is 6.35. The molecule has 8 heteroatoms. The first-order valence-electron chi connectivity index (χ1n) is 8.39. The molecule has 1 atom stereocenters. The quantitative estimate of drug-likeness (QED) is 0.623. The van der Waals surface area contributed by atoms with Crippen molar-refractivity contribution >= 4 is 17.5 Å². The molecule has 1 unspecified atom stereocenters. The fourth-order valence-corrected chi connectivity index (χ4v) is 2.73. The molecule has 0 radical (unpaired) electrons. The van der Waals surface area contributed by atoms with Crippen LogP contribution in [0.15, 0.2) is 39.6 Å². The molecule has 0 aliphatic carbocycles. The molecule has 0 fully saturated rings. The molecule has 1 aromatic carbocycles. The average molecular weight is 390 g/mol. The van der Waals surface area contributed by atoms with Crippen molar-refractivity contribution in [2.45, 2.75) is 33.4 Å². The van der Waals surface area contributed by atoms with Gasteiger partial charge in [-0.3, -0.25) is 4.79 Å². The van der Waals surface area contributed by atoms with Gasteiger partial charge in [-0.05, 0) is 44.0 Å². The van der Waals surface area contributed by atoms with E-state index < -0.39 is 0 Å². The zero-order chi connectivity index (χ0) is 19.6. The van der Waals surface area contributed by atoms with Gasteiger partial charge in [0.25, 0.3) is 5.91 Å². The third-order valence-corrected chi connectivity index (χ3v) is 4.95. The predicted octanol–water partition coefficient (Wildman–Crippen LogP) is 4.35. The predicted molar refractivity (Wildman–Crippen MR) is 98.8 cm³/mol. The number of ether oxygens (including phenoxy) is 1. The summed E-state index contributed by atoms with van der Waals surface area (Å²) in [7, 11) is 1.67. The molecule has 27 heavy (non-hydrogen) atoms. The lowest BCUT2D eigenvalue weighted by Gasteiger charge is -2.21. The smallest absolute Gasteiger partial charge is 0.276 e. The summed E-state index contributed by atoms with van der Waals surface area (Å²) < 4.78 is 15.8. The summed E-state index contributed by atoms with van der Waals surface area (Å²) in [6.45, 7) is 5.84. The largest absolute Gasteiger partial charge is 0.486 e. The van der Waals surface area contributed by atoms with Crippen LogP contribution in [0.4, 0.5) is 0 Å². The number of aromatic nitrogens is 2. The molecule has 0 N–H and O–H groups in total. The summed E-state index contributed by atoms with van der Waals surface area (Å²) in [4.78, 5) is 14.1. The monoisotopic (exact) mass is 389 g/mol. The van der Waals surface area contributed by atoms with Gasteiger partial charge < -0.3 is 18.7 Å². The number of amides is 1. The first-order valence-corrected chi connectivity index (χ1v) is 8.77. The number of nitrogens with zero attached hydrogens (tertiary/aromatic N) is 3. The molecule has 0 aliphatic heterocycles. The third-order valence-electron chi connectivity index (χ3n) is 4.36. The lowest BCUT2D eigenvalue weighted by atomic mass is 10.1. The molecule has 142 valence electrons. The maximum Gasteiger partial charge on any atom is 0.276 e. The van der Waals surface area contributed by atoms with Crippen LogP contribution < -0.4 is 4.74 Å². The Kier molecular flexibility index (Phi) is 5.51. The Morgan fingerprint density at radius 1 is 1.26 bits per heavy atom. The van der Waals surface area contributed by atoms with E-state index in [0.29, 0.717) is 17.2 Å². The first kappa shape index (κ1) is 19.0. The SMILES string of the molecule is Cc1cc(OCc2cc(C(=O)N(C)C(C)c3ccon3)no2)cc(C)c1Cl. The minimum atomic E-state index is -0.279. The van der Waals surface area contributed by atoms with Crippen molar-refractivity contribution in [1.82, 2.24) is 15.2 Å². The molecule has 0 bridgehead atoms. The molecule has 0 saturated heterocycles. The van der Waals surface area contributed by atoms with Gasteiger partial charge in [-0.15, -0.1) is 0 Å². The van der Waals surface area contributed by atoms with Crippen molar-refractivity contribution in [3.63, 3.8) is 0 Å². The Labute approximate surface area is 161 Å². The van der Waals surface area contributed by atoms with E-state index in [1.54, 1.807) is 19.2 Å². The number of carbonyl (C=O) groups is 1. The van der Waals surface area contributed by atoms with Crippen LogP contribution in [0.3, 0.4) is 0 Å². The van der Waals surface area contributed by atoms with E-state index in [0.717, 1.165) is 16.1 Å². The van der Waals surface area contributed by atoms with Gasteiger partial charge in [0.15, 0.2) is 11.5 Å². The van der Waals surface area contributed by atoms with E-state index >= 15 is 0 Å². The van der Waals surface area contributed by atoms with Crippen molar-refractivity contribution in [2.24, 2.45) is 0 Å². The standard InChI is InChI=1S/C19H20ClN3O4/c1-11-7-14(8-12(2)18(11)20)25-10-15-9-17(22-27-15)19(24)23(4)13(3)16-5-6-26-21-16/h5-9,13H,10H2,1-4H3. The van der Waals surface area contributed by atoms with E-state index in [4.69, 9.17) is 25.4 Å². The molecule has 3 aromatic rings. The molecule has 2 aromatic heterocycles. The Morgan fingerprint density at radius 3 is 2.59 bits per heavy atom. The van der Waals surface area contributed by atoms with E-state index in [2.05, 4.69) is 10.3 Å². The summed E-state index contributed by atoms with van der Waals surface area (Å²) in [6.07, 6.45) is 1.47. The Bertz CT molecular complexity index is 913. The Hall–Kier alpha value is -2.80. The number of hydrogen-bond donors (Lipinski definition) is 0. The van der Waals surface area contributed by atoms with Gasteiger partial charge >= 0.3 is 0 Å². The highest BCUT2D eigenvalue weighted by Gasteiger charge is 2.23. The number of carbonyl (C=O) groups excluding carboxylic acids is 1. The molecular formula is C19H20ClN3O4. The molecular weight excluding hydrogens is 370 g/mol. The molecule has 3 rings (SSSR count). The van der Waals surface area contributed by atoms with Gasteiger partial charge in [0.1, 0.15) is 24.3 Å². The summed E-state index contributed by atoms with van der Waals surface area (Å²) in [6, 6.07) is 6.74. The summed E-state index contributed by atoms with van der Waals surface area (Å²) in [5, 5.41) is 8.43. The number of halogens is 1. The minimum absolute atomic E-state index is 0.156. The van der Waals surface area contributed by atoms with Gasteiger partial charge in [-0.2, -0.15) is 0 Å². The highest BCUT2D eigenvalue weighted by Crippen LogP contribution is 2.26. The van der Waals surface area contributed by atoms with Crippen LogP contribution in [-0.4, -0.2) is 28.2 Å². The van der Waals surface area contributed by atoms with Gasteiger partial charge in [-0.1, -0.05) is 21.9 Å². The first-order chi connectivity index (χ1) is 12.9. The number of benzene rings is 1. The topological polar surface area (TPSA) is 81.6 Å². The van der Waals surface area contributed by atoms with Crippen molar-refractivity contribution in [3.05, 3.63) is 63.8 Å². The maximum atomic E-state index is 12.6. The van der Waals surface area contributed by atoms with E-state index in [1.807, 2.05) is 32.9 Å². The van der Waals surface area contributed by atoms with Crippen LogP contribution in [0, 0.1) is 13.8 Å². The molecule has 1 amide bonds. The van der Waals surface area contributed by atoms with Gasteiger partial charge in [0, 0.05) is 24.2 Å². The number of hydrogen-bond acceptors (Lipinski definition) is 6. The number of aryl methyl sites for hydroxylation is 2. The Morgan fingerprint density at radius 2 is 1.96 bits per heavy atom. The molecule has 0 saturated carbocycles. The summed E-state index contributed by atoms with van der Waals surface area (Å²) in [5.74, 6) is 0.847. The fraction of sp³-hybridized carbons (Fsp3) is 0.316. The molecule has 0 aliphatic rings. The third kappa shape index (κ3) is 4.14. The van der Waals surface area contributed by atoms with Gasteiger partial charge in [0.2, 0.25) is 0 Å². The normalized spacial score (nSPS) is 12.0. The second-order valence-corrected chi connectivity index (χ2v) is 6.73. The van der Waals surface area contributed by atoms with E-state index in [-0.39, 0.29) is 24.2 Å². The van der Waals surface area contributed by atoms with Crippen molar-refractivity contribution < 1.29 is 18.6 Å². The van der Waals surface area contributed by atoms with Crippen LogP contribution in [0.25, 0.3) is 0 Å². The van der Waals surface area contributed by atoms with Crippen molar-refractivity contribution in [2.75, 3.05) is 7.05 Å². The zero-order valence-electron chi connectivity index (χ0n) is 15.5. The van der Waals surface area contributed by atoms with Crippen LogP contribution in [0.2, 0.25) is 5.02 Å². The zero-order valence-corrected chi connectivity index (χ0v) is 16.3. The van der Waals surface area contributed by atoms with E-state index in [1.165, 1.54) is 11.2 Å². The summed E-state index contributed by atoms with van der Waals surface area (Å²) in [5.41, 5.74) is 2.73. The highest BCUT2D eigenvalue weighted by atomic mass is 35.5. The van der Waals surface area contributed by atoms with Gasteiger partial charge in [0.05, 0.1) is 6.04 Å². The summed E-state index contributed by atoms with van der Waals surface area (Å²) >= 11 is 6.16. The lowest BCUT2D eigenvalue weighted by molar-refractivity contribution is 0.0727. The van der Waals surface area contributed by atoms with Crippen LogP contribution in [-0.2, 0) is 6.61 Å². The molecule has 2 heterocycles. The van der Waals surface area contributed by atoms with Crippen LogP contribution in [0.5, 0.6) is 5.75 Å². The van der Waals surface area contributed by atoms with E-state index in [9.17, 15) is 4.79 Å². The van der Waals surface area contributed by atoms with Crippen LogP contribution >= 0.6 is 11.6 Å². The van der Waals surface area contributed by atoms with Crippen molar-refractivity contribution in [3.8, 4) is 5.75 Å². The molecule has 7 nitrogen and oxygen atoms in total.